The van der Waals surface area contributed by atoms with E-state index in [-0.39, 0.29) is 36.9 Å². The molecule has 2 aromatic rings. The average Bonchev–Trinajstić information content (AvgIpc) is 2.65. The van der Waals surface area contributed by atoms with Gasteiger partial charge in [-0.1, -0.05) is 48.5 Å². The van der Waals surface area contributed by atoms with Crippen LogP contribution in [0.2, 0.25) is 0 Å². The molecule has 28 heavy (non-hydrogen) atoms. The lowest BCUT2D eigenvalue weighted by Gasteiger charge is -2.25. The Morgan fingerprint density at radius 1 is 1.00 bits per heavy atom. The van der Waals surface area contributed by atoms with Gasteiger partial charge < -0.3 is 15.0 Å². The van der Waals surface area contributed by atoms with Crippen molar-refractivity contribution >= 4 is 11.8 Å². The summed E-state index contributed by atoms with van der Waals surface area (Å²) in [4.78, 5) is 26.1. The van der Waals surface area contributed by atoms with Gasteiger partial charge in [-0.05, 0) is 39.3 Å². The van der Waals surface area contributed by atoms with E-state index in [1.807, 2.05) is 82.3 Å². The molecule has 5 heteroatoms. The van der Waals surface area contributed by atoms with Crippen LogP contribution in [-0.2, 0) is 9.59 Å². The second-order valence-electron chi connectivity index (χ2n) is 7.67. The van der Waals surface area contributed by atoms with Crippen molar-refractivity contribution in [3.63, 3.8) is 0 Å². The fraction of sp³-hybridized carbons (Fsp3) is 0.391. The molecule has 0 aliphatic carbocycles. The van der Waals surface area contributed by atoms with Crippen molar-refractivity contribution in [2.75, 3.05) is 19.7 Å². The third kappa shape index (κ3) is 6.72. The topological polar surface area (TPSA) is 58.6 Å². The third-order valence-electron chi connectivity index (χ3n) is 4.13. The molecule has 5 nitrogen and oxygen atoms in total. The molecule has 0 unspecified atom stereocenters. The van der Waals surface area contributed by atoms with Gasteiger partial charge >= 0.3 is 0 Å². The van der Waals surface area contributed by atoms with Gasteiger partial charge in [0, 0.05) is 17.6 Å². The van der Waals surface area contributed by atoms with E-state index in [9.17, 15) is 9.59 Å². The second-order valence-corrected chi connectivity index (χ2v) is 7.67. The first-order valence-electron chi connectivity index (χ1n) is 9.66. The van der Waals surface area contributed by atoms with E-state index in [4.69, 9.17) is 4.74 Å². The molecule has 0 fully saturated rings. The van der Waals surface area contributed by atoms with E-state index in [2.05, 4.69) is 5.32 Å². The zero-order chi connectivity index (χ0) is 20.6. The zero-order valence-electron chi connectivity index (χ0n) is 17.2. The van der Waals surface area contributed by atoms with Crippen LogP contribution in [0.4, 0.5) is 0 Å². The molecule has 0 heterocycles. The highest BCUT2D eigenvalue weighted by Gasteiger charge is 2.19. The highest BCUT2D eigenvalue weighted by molar-refractivity contribution is 5.85. The van der Waals surface area contributed by atoms with Gasteiger partial charge in [-0.15, -0.1) is 0 Å². The van der Waals surface area contributed by atoms with Crippen LogP contribution < -0.4 is 10.1 Å². The van der Waals surface area contributed by atoms with Crippen molar-refractivity contribution in [1.29, 1.82) is 0 Å². The van der Waals surface area contributed by atoms with Gasteiger partial charge in [-0.25, -0.2) is 0 Å². The monoisotopic (exact) mass is 382 g/mol. The number of benzene rings is 2. The number of amides is 2. The van der Waals surface area contributed by atoms with Crippen LogP contribution in [-0.4, -0.2) is 41.9 Å². The first-order valence-corrected chi connectivity index (χ1v) is 9.66. The van der Waals surface area contributed by atoms with Crippen LogP contribution in [0.5, 0.6) is 5.75 Å². The molecule has 0 aromatic heterocycles. The highest BCUT2D eigenvalue weighted by atomic mass is 16.5. The molecule has 2 aromatic carbocycles. The van der Waals surface area contributed by atoms with E-state index in [1.54, 1.807) is 4.90 Å². The molecule has 2 rings (SSSR count). The summed E-state index contributed by atoms with van der Waals surface area (Å²) in [6.07, 6.45) is 0.222. The Hall–Kier alpha value is -2.82. The lowest BCUT2D eigenvalue weighted by molar-refractivity contribution is -0.136. The predicted octanol–water partition coefficient (Wildman–Crippen LogP) is 3.89. The van der Waals surface area contributed by atoms with E-state index in [1.165, 1.54) is 0 Å². The SMILES string of the molecule is CCN(CC(=O)NC(C)(C)C)C(=O)CCOc1ccccc1-c1ccccc1. The number of hydrogen-bond donors (Lipinski definition) is 1. The van der Waals surface area contributed by atoms with Gasteiger partial charge in [0.2, 0.25) is 11.8 Å². The second kappa shape index (κ2) is 9.93. The summed E-state index contributed by atoms with van der Waals surface area (Å²) in [6.45, 7) is 8.43. The maximum absolute atomic E-state index is 12.5. The first-order chi connectivity index (χ1) is 13.3. The molecular weight excluding hydrogens is 352 g/mol. The van der Waals surface area contributed by atoms with E-state index < -0.39 is 0 Å². The standard InChI is InChI=1S/C23H30N2O3/c1-5-25(17-21(26)24-23(2,3)4)22(27)15-16-28-20-14-10-9-13-19(20)18-11-7-6-8-12-18/h6-14H,5,15-17H2,1-4H3,(H,24,26). The maximum Gasteiger partial charge on any atom is 0.240 e. The van der Waals surface area contributed by atoms with Gasteiger partial charge in [0.05, 0.1) is 19.6 Å². The lowest BCUT2D eigenvalue weighted by Crippen LogP contribution is -2.47. The van der Waals surface area contributed by atoms with Gasteiger partial charge in [0.1, 0.15) is 5.75 Å². The Balaban J connectivity index is 1.92. The van der Waals surface area contributed by atoms with Crippen molar-refractivity contribution in [2.24, 2.45) is 0 Å². The number of nitrogens with zero attached hydrogens (tertiary/aromatic N) is 1. The Kier molecular flexibility index (Phi) is 7.61. The van der Waals surface area contributed by atoms with Gasteiger partial charge in [-0.3, -0.25) is 9.59 Å². The highest BCUT2D eigenvalue weighted by Crippen LogP contribution is 2.29. The fourth-order valence-electron chi connectivity index (χ4n) is 2.86. The summed E-state index contributed by atoms with van der Waals surface area (Å²) in [7, 11) is 0. The van der Waals surface area contributed by atoms with Crippen molar-refractivity contribution in [3.8, 4) is 16.9 Å². The zero-order valence-corrected chi connectivity index (χ0v) is 17.2. The molecule has 0 radical (unpaired) electrons. The van der Waals surface area contributed by atoms with Crippen LogP contribution in [0.1, 0.15) is 34.1 Å². The van der Waals surface area contributed by atoms with Crippen LogP contribution >= 0.6 is 0 Å². The Morgan fingerprint density at radius 3 is 2.29 bits per heavy atom. The molecule has 0 saturated carbocycles. The molecule has 2 amide bonds. The summed E-state index contributed by atoms with van der Waals surface area (Å²) >= 11 is 0. The quantitative estimate of drug-likeness (QED) is 0.754. The van der Waals surface area contributed by atoms with Gasteiger partial charge in [0.15, 0.2) is 0 Å². The maximum atomic E-state index is 12.5. The van der Waals surface area contributed by atoms with Gasteiger partial charge in [-0.2, -0.15) is 0 Å². The smallest absolute Gasteiger partial charge is 0.240 e. The van der Waals surface area contributed by atoms with Crippen molar-refractivity contribution in [2.45, 2.75) is 39.7 Å². The van der Waals surface area contributed by atoms with E-state index in [0.717, 1.165) is 16.9 Å². The average molecular weight is 383 g/mol. The number of nitrogens with one attached hydrogen (secondary N) is 1. The molecular formula is C23H30N2O3. The Bertz CT molecular complexity index is 782. The van der Waals surface area contributed by atoms with Crippen molar-refractivity contribution in [3.05, 3.63) is 54.6 Å². The summed E-state index contributed by atoms with van der Waals surface area (Å²) in [5.41, 5.74) is 1.75. The molecule has 0 aliphatic rings. The number of carbonyl (C=O) groups is 2. The number of hydrogen-bond acceptors (Lipinski definition) is 3. The minimum atomic E-state index is -0.316. The molecule has 0 bridgehead atoms. The number of rotatable bonds is 8. The Morgan fingerprint density at radius 2 is 1.64 bits per heavy atom. The minimum Gasteiger partial charge on any atom is -0.492 e. The van der Waals surface area contributed by atoms with Crippen molar-refractivity contribution in [1.82, 2.24) is 10.2 Å². The van der Waals surface area contributed by atoms with Crippen LogP contribution in [0.3, 0.4) is 0 Å². The minimum absolute atomic E-state index is 0.0627. The van der Waals surface area contributed by atoms with E-state index >= 15 is 0 Å². The molecule has 0 aliphatic heterocycles. The fourth-order valence-corrected chi connectivity index (χ4v) is 2.86. The molecule has 150 valence electrons. The van der Waals surface area contributed by atoms with Crippen LogP contribution in [0, 0.1) is 0 Å². The van der Waals surface area contributed by atoms with Crippen molar-refractivity contribution < 1.29 is 14.3 Å². The first kappa shape index (κ1) is 21.5. The predicted molar refractivity (Wildman–Crippen MR) is 112 cm³/mol. The summed E-state index contributed by atoms with van der Waals surface area (Å²) in [5.74, 6) is 0.497. The number of likely N-dealkylation sites (N-methyl/N-ethyl adjacent to an activating group) is 1. The molecule has 0 atom stereocenters. The lowest BCUT2D eigenvalue weighted by atomic mass is 10.1. The number of ether oxygens (including phenoxy) is 1. The normalized spacial score (nSPS) is 11.0. The van der Waals surface area contributed by atoms with E-state index in [0.29, 0.717) is 6.54 Å². The largest absolute Gasteiger partial charge is 0.492 e. The van der Waals surface area contributed by atoms with Gasteiger partial charge in [0.25, 0.3) is 0 Å². The van der Waals surface area contributed by atoms with Crippen LogP contribution in [0.25, 0.3) is 11.1 Å². The number of para-hydroxylation sites is 1. The summed E-state index contributed by atoms with van der Waals surface area (Å²) in [5, 5.41) is 2.88. The summed E-state index contributed by atoms with van der Waals surface area (Å²) < 4.78 is 5.89. The molecule has 0 spiro atoms. The third-order valence-corrected chi connectivity index (χ3v) is 4.13. The summed E-state index contributed by atoms with van der Waals surface area (Å²) in [6, 6.07) is 17.8. The number of carbonyl (C=O) groups excluding carboxylic acids is 2. The van der Waals surface area contributed by atoms with Crippen LogP contribution in [0.15, 0.2) is 54.6 Å². The molecule has 0 saturated heterocycles. The Labute approximate surface area is 167 Å². The molecule has 1 N–H and O–H groups in total.